The van der Waals surface area contributed by atoms with E-state index in [1.807, 2.05) is 36.6 Å². The van der Waals surface area contributed by atoms with Crippen molar-refractivity contribution in [3.05, 3.63) is 100 Å². The van der Waals surface area contributed by atoms with E-state index in [1.165, 1.54) is 28.5 Å². The normalized spacial score (nSPS) is 10.9. The van der Waals surface area contributed by atoms with Crippen LogP contribution in [-0.2, 0) is 11.3 Å². The number of aromatic nitrogens is 2. The molecule has 2 N–H and O–H groups in total. The predicted molar refractivity (Wildman–Crippen MR) is 140 cm³/mol. The molecule has 0 saturated carbocycles. The topological polar surface area (TPSA) is 106 Å². The molecule has 180 valence electrons. The smallest absolute Gasteiger partial charge is 0.291 e. The first-order valence-electron chi connectivity index (χ1n) is 11.3. The van der Waals surface area contributed by atoms with Crippen molar-refractivity contribution in [2.45, 2.75) is 19.9 Å². The number of benzene rings is 2. The van der Waals surface area contributed by atoms with Gasteiger partial charge in [-0.05, 0) is 42.8 Å². The number of nitrogens with zero attached hydrogens (tertiary/aromatic N) is 2. The highest BCUT2D eigenvalue weighted by Crippen LogP contribution is 2.30. The first kappa shape index (κ1) is 23.3. The van der Waals surface area contributed by atoms with E-state index < -0.39 is 0 Å². The summed E-state index contributed by atoms with van der Waals surface area (Å²) < 4.78 is 6.56. The van der Waals surface area contributed by atoms with Crippen LogP contribution in [0.1, 0.15) is 22.5 Å². The largest absolute Gasteiger partial charge is 0.459 e. The number of anilines is 2. The van der Waals surface area contributed by atoms with Crippen LogP contribution >= 0.6 is 11.3 Å². The molecule has 0 saturated heterocycles. The van der Waals surface area contributed by atoms with E-state index >= 15 is 0 Å². The van der Waals surface area contributed by atoms with Crippen molar-refractivity contribution >= 4 is 44.7 Å². The van der Waals surface area contributed by atoms with E-state index in [1.54, 1.807) is 36.4 Å². The molecule has 8 nitrogen and oxygen atoms in total. The summed E-state index contributed by atoms with van der Waals surface area (Å²) >= 11 is 1.43. The lowest BCUT2D eigenvalue weighted by molar-refractivity contribution is -0.116. The number of rotatable bonds is 7. The standard InChI is InChI=1S/C27H22N4O4S/c1-17-7-9-18(10-8-17)21-15-36-26-24(21)27(34)31(16-28-26)12-11-23(32)29-19-4-2-5-20(14-19)30-25(33)22-6-3-13-35-22/h2-10,13-16H,11-12H2,1H3,(H,29,32)(H,30,33). The number of amides is 2. The molecule has 3 heterocycles. The second-order valence-corrected chi connectivity index (χ2v) is 9.11. The van der Waals surface area contributed by atoms with Gasteiger partial charge in [-0.3, -0.25) is 19.0 Å². The number of fused-ring (bicyclic) bond motifs is 1. The first-order chi connectivity index (χ1) is 17.5. The maximum atomic E-state index is 13.2. The van der Waals surface area contributed by atoms with Crippen molar-refractivity contribution in [2.24, 2.45) is 0 Å². The molecule has 2 amide bonds. The highest BCUT2D eigenvalue weighted by atomic mass is 32.1. The lowest BCUT2D eigenvalue weighted by Gasteiger charge is -2.09. The van der Waals surface area contributed by atoms with Crippen LogP contribution in [-0.4, -0.2) is 21.4 Å². The molecule has 0 aliphatic rings. The van der Waals surface area contributed by atoms with E-state index in [4.69, 9.17) is 4.42 Å². The van der Waals surface area contributed by atoms with E-state index in [0.717, 1.165) is 16.7 Å². The van der Waals surface area contributed by atoms with Gasteiger partial charge in [0.05, 0.1) is 18.0 Å². The monoisotopic (exact) mass is 498 g/mol. The average molecular weight is 499 g/mol. The summed E-state index contributed by atoms with van der Waals surface area (Å²) in [6.45, 7) is 2.20. The van der Waals surface area contributed by atoms with Gasteiger partial charge in [0.2, 0.25) is 5.91 Å². The maximum absolute atomic E-state index is 13.2. The SMILES string of the molecule is Cc1ccc(-c2csc3ncn(CCC(=O)Nc4cccc(NC(=O)c5ccco5)c4)c(=O)c23)cc1. The Hall–Kier alpha value is -4.50. The van der Waals surface area contributed by atoms with Crippen LogP contribution in [0.4, 0.5) is 11.4 Å². The number of aryl methyl sites for hydroxylation is 2. The molecule has 0 atom stereocenters. The predicted octanol–water partition coefficient (Wildman–Crippen LogP) is 5.31. The molecule has 0 bridgehead atoms. The molecule has 0 unspecified atom stereocenters. The molecule has 0 spiro atoms. The highest BCUT2D eigenvalue weighted by molar-refractivity contribution is 7.17. The number of carbonyl (C=O) groups excluding carboxylic acids is 2. The molecule has 2 aromatic carbocycles. The second kappa shape index (κ2) is 10.0. The molecule has 0 radical (unpaired) electrons. The summed E-state index contributed by atoms with van der Waals surface area (Å²) in [4.78, 5) is 43.1. The van der Waals surface area contributed by atoms with Crippen molar-refractivity contribution in [1.29, 1.82) is 0 Å². The van der Waals surface area contributed by atoms with E-state index in [-0.39, 0.29) is 36.1 Å². The minimum Gasteiger partial charge on any atom is -0.459 e. The zero-order chi connectivity index (χ0) is 25.1. The summed E-state index contributed by atoms with van der Waals surface area (Å²) in [5.74, 6) is -0.457. The summed E-state index contributed by atoms with van der Waals surface area (Å²) in [6.07, 6.45) is 2.99. The van der Waals surface area contributed by atoms with Gasteiger partial charge in [0.15, 0.2) is 5.76 Å². The van der Waals surface area contributed by atoms with Crippen LogP contribution < -0.4 is 16.2 Å². The molecular weight excluding hydrogens is 476 g/mol. The van der Waals surface area contributed by atoms with Crippen LogP contribution in [0.3, 0.4) is 0 Å². The van der Waals surface area contributed by atoms with Gasteiger partial charge in [-0.1, -0.05) is 35.9 Å². The molecule has 36 heavy (non-hydrogen) atoms. The van der Waals surface area contributed by atoms with Gasteiger partial charge in [-0.2, -0.15) is 0 Å². The molecule has 9 heteroatoms. The second-order valence-electron chi connectivity index (χ2n) is 8.25. The van der Waals surface area contributed by atoms with E-state index in [9.17, 15) is 14.4 Å². The molecule has 0 fully saturated rings. The van der Waals surface area contributed by atoms with Crippen LogP contribution in [0.25, 0.3) is 21.3 Å². The van der Waals surface area contributed by atoms with Gasteiger partial charge in [-0.25, -0.2) is 4.98 Å². The molecule has 0 aliphatic heterocycles. The molecule has 0 aliphatic carbocycles. The molecular formula is C27H22N4O4S. The van der Waals surface area contributed by atoms with Crippen molar-refractivity contribution < 1.29 is 14.0 Å². The number of carbonyl (C=O) groups is 2. The number of hydrogen-bond acceptors (Lipinski definition) is 6. The van der Waals surface area contributed by atoms with Crippen molar-refractivity contribution in [1.82, 2.24) is 9.55 Å². The minimum absolute atomic E-state index is 0.0834. The van der Waals surface area contributed by atoms with Gasteiger partial charge < -0.3 is 15.1 Å². The van der Waals surface area contributed by atoms with E-state index in [2.05, 4.69) is 15.6 Å². The van der Waals surface area contributed by atoms with Crippen LogP contribution in [0, 0.1) is 6.92 Å². The van der Waals surface area contributed by atoms with Gasteiger partial charge >= 0.3 is 0 Å². The Morgan fingerprint density at radius 2 is 1.81 bits per heavy atom. The Morgan fingerprint density at radius 1 is 1.03 bits per heavy atom. The Balaban J connectivity index is 1.27. The zero-order valence-electron chi connectivity index (χ0n) is 19.4. The third-order valence-corrected chi connectivity index (χ3v) is 6.54. The molecule has 5 rings (SSSR count). The fraction of sp³-hybridized carbons (Fsp3) is 0.111. The Morgan fingerprint density at radius 3 is 2.56 bits per heavy atom. The zero-order valence-corrected chi connectivity index (χ0v) is 20.2. The minimum atomic E-state index is -0.385. The van der Waals surface area contributed by atoms with Crippen molar-refractivity contribution in [3.8, 4) is 11.1 Å². The van der Waals surface area contributed by atoms with Gasteiger partial charge in [0.25, 0.3) is 11.5 Å². The highest BCUT2D eigenvalue weighted by Gasteiger charge is 2.14. The maximum Gasteiger partial charge on any atom is 0.291 e. The summed E-state index contributed by atoms with van der Waals surface area (Å²) in [5, 5.41) is 8.03. The van der Waals surface area contributed by atoms with Crippen LogP contribution in [0.15, 0.2) is 87.8 Å². The number of thiophene rings is 1. The van der Waals surface area contributed by atoms with Gasteiger partial charge in [-0.15, -0.1) is 11.3 Å². The Labute approximate surface area is 210 Å². The third kappa shape index (κ3) is 4.96. The molecule has 3 aromatic heterocycles. The van der Waals surface area contributed by atoms with Crippen LogP contribution in [0.2, 0.25) is 0 Å². The lowest BCUT2D eigenvalue weighted by Crippen LogP contribution is -2.23. The summed E-state index contributed by atoms with van der Waals surface area (Å²) in [5.41, 5.74) is 3.82. The summed E-state index contributed by atoms with van der Waals surface area (Å²) in [6, 6.07) is 18.0. The lowest BCUT2D eigenvalue weighted by atomic mass is 10.1. The van der Waals surface area contributed by atoms with Crippen molar-refractivity contribution in [2.75, 3.05) is 10.6 Å². The number of hydrogen-bond donors (Lipinski definition) is 2. The fourth-order valence-corrected chi connectivity index (χ4v) is 4.70. The van der Waals surface area contributed by atoms with Crippen molar-refractivity contribution in [3.63, 3.8) is 0 Å². The number of nitrogens with one attached hydrogen (secondary N) is 2. The third-order valence-electron chi connectivity index (χ3n) is 5.65. The summed E-state index contributed by atoms with van der Waals surface area (Å²) in [7, 11) is 0. The first-order valence-corrected chi connectivity index (χ1v) is 12.1. The van der Waals surface area contributed by atoms with Gasteiger partial charge in [0, 0.05) is 35.3 Å². The van der Waals surface area contributed by atoms with E-state index in [0.29, 0.717) is 21.6 Å². The molecule has 5 aromatic rings. The van der Waals surface area contributed by atoms with Gasteiger partial charge in [0.1, 0.15) is 4.83 Å². The Bertz CT molecular complexity index is 1600. The Kier molecular flexibility index (Phi) is 6.46. The fourth-order valence-electron chi connectivity index (χ4n) is 3.79. The quantitative estimate of drug-likeness (QED) is 0.316. The van der Waals surface area contributed by atoms with Crippen LogP contribution in [0.5, 0.6) is 0 Å². The number of furan rings is 1. The average Bonchev–Trinajstić information content (AvgIpc) is 3.55.